The molecule has 0 aliphatic rings. The Morgan fingerprint density at radius 3 is 2.82 bits per heavy atom. The normalized spacial score (nSPS) is 10.8. The van der Waals surface area contributed by atoms with Gasteiger partial charge in [0.1, 0.15) is 11.5 Å². The standard InChI is InChI=1S/C17H15FN2O2/c1-2-22-16(21)10-12-7-5-8-14(18)17(12)20-11-13-6-3-4-9-15(13)19-20/h3-9,11H,2,10H2,1H3. The molecule has 3 rings (SSSR count). The Labute approximate surface area is 127 Å². The van der Waals surface area contributed by atoms with Gasteiger partial charge >= 0.3 is 5.97 Å². The number of nitrogens with zero attached hydrogens (tertiary/aromatic N) is 2. The largest absolute Gasteiger partial charge is 0.466 e. The van der Waals surface area contributed by atoms with E-state index in [4.69, 9.17) is 4.74 Å². The number of halogens is 1. The van der Waals surface area contributed by atoms with Crippen LogP contribution >= 0.6 is 0 Å². The first-order valence-electron chi connectivity index (χ1n) is 7.07. The molecule has 0 bridgehead atoms. The third-order valence-corrected chi connectivity index (χ3v) is 3.35. The van der Waals surface area contributed by atoms with Crippen molar-refractivity contribution in [3.05, 3.63) is 60.0 Å². The SMILES string of the molecule is CCOC(=O)Cc1cccc(F)c1-n1cc2ccccc2n1. The monoisotopic (exact) mass is 298 g/mol. The lowest BCUT2D eigenvalue weighted by molar-refractivity contribution is -0.142. The van der Waals surface area contributed by atoms with Crippen molar-refractivity contribution in [2.45, 2.75) is 13.3 Å². The van der Waals surface area contributed by atoms with E-state index < -0.39 is 5.82 Å². The van der Waals surface area contributed by atoms with Gasteiger partial charge in [-0.2, -0.15) is 5.10 Å². The zero-order valence-corrected chi connectivity index (χ0v) is 12.1. The summed E-state index contributed by atoms with van der Waals surface area (Å²) in [5.74, 6) is -0.805. The summed E-state index contributed by atoms with van der Waals surface area (Å²) in [5.41, 5.74) is 1.60. The molecule has 4 nitrogen and oxygen atoms in total. The number of carbonyl (C=O) groups is 1. The van der Waals surface area contributed by atoms with Gasteiger partial charge in [0.2, 0.25) is 0 Å². The molecule has 0 atom stereocenters. The first kappa shape index (κ1) is 14.3. The van der Waals surface area contributed by atoms with Crippen LogP contribution in [0.25, 0.3) is 16.6 Å². The van der Waals surface area contributed by atoms with Gasteiger partial charge in [-0.3, -0.25) is 4.79 Å². The number of para-hydroxylation sites is 1. The van der Waals surface area contributed by atoms with E-state index in [1.165, 1.54) is 10.7 Å². The van der Waals surface area contributed by atoms with Crippen LogP contribution in [0.3, 0.4) is 0 Å². The third-order valence-electron chi connectivity index (χ3n) is 3.35. The number of esters is 1. The van der Waals surface area contributed by atoms with Crippen molar-refractivity contribution in [2.75, 3.05) is 6.61 Å². The lowest BCUT2D eigenvalue weighted by Crippen LogP contribution is -2.11. The number of hydrogen-bond donors (Lipinski definition) is 0. The third kappa shape index (κ3) is 2.70. The fourth-order valence-corrected chi connectivity index (χ4v) is 2.41. The first-order chi connectivity index (χ1) is 10.7. The topological polar surface area (TPSA) is 44.1 Å². The van der Waals surface area contributed by atoms with E-state index in [1.807, 2.05) is 24.3 Å². The van der Waals surface area contributed by atoms with Gasteiger partial charge in [0.15, 0.2) is 0 Å². The van der Waals surface area contributed by atoms with Gasteiger partial charge in [0, 0.05) is 11.6 Å². The minimum atomic E-state index is -0.422. The van der Waals surface area contributed by atoms with Crippen LogP contribution in [-0.2, 0) is 16.0 Å². The van der Waals surface area contributed by atoms with E-state index in [0.29, 0.717) is 12.2 Å². The lowest BCUT2D eigenvalue weighted by atomic mass is 10.1. The average Bonchev–Trinajstić information content (AvgIpc) is 2.90. The molecule has 1 heterocycles. The van der Waals surface area contributed by atoms with Crippen LogP contribution in [-0.4, -0.2) is 22.4 Å². The van der Waals surface area contributed by atoms with Crippen molar-refractivity contribution in [2.24, 2.45) is 0 Å². The second kappa shape index (κ2) is 5.97. The molecule has 0 aliphatic heterocycles. The number of carbonyl (C=O) groups excluding carboxylic acids is 1. The van der Waals surface area contributed by atoms with Crippen molar-refractivity contribution in [3.8, 4) is 5.69 Å². The quantitative estimate of drug-likeness (QED) is 0.694. The summed E-state index contributed by atoms with van der Waals surface area (Å²) in [6, 6.07) is 12.2. The zero-order valence-electron chi connectivity index (χ0n) is 12.1. The molecular formula is C17H15FN2O2. The Morgan fingerprint density at radius 1 is 1.23 bits per heavy atom. The molecule has 22 heavy (non-hydrogen) atoms. The Hall–Kier alpha value is -2.69. The fourth-order valence-electron chi connectivity index (χ4n) is 2.41. The van der Waals surface area contributed by atoms with E-state index in [1.54, 1.807) is 25.3 Å². The Balaban J connectivity index is 2.07. The Kier molecular flexibility index (Phi) is 3.87. The number of hydrogen-bond acceptors (Lipinski definition) is 3. The number of ether oxygens (including phenoxy) is 1. The second-order valence-electron chi connectivity index (χ2n) is 4.86. The molecule has 2 aromatic carbocycles. The molecule has 0 aliphatic carbocycles. The van der Waals surface area contributed by atoms with E-state index in [2.05, 4.69) is 5.10 Å². The molecule has 1 aromatic heterocycles. The second-order valence-corrected chi connectivity index (χ2v) is 4.86. The Bertz CT molecular complexity index is 793. The van der Waals surface area contributed by atoms with Crippen molar-refractivity contribution in [1.82, 2.24) is 9.78 Å². The summed E-state index contributed by atoms with van der Waals surface area (Å²) >= 11 is 0. The summed E-state index contributed by atoms with van der Waals surface area (Å²) in [6.45, 7) is 2.04. The summed E-state index contributed by atoms with van der Waals surface area (Å²) < 4.78 is 20.7. The molecular weight excluding hydrogens is 283 g/mol. The fraction of sp³-hybridized carbons (Fsp3) is 0.176. The van der Waals surface area contributed by atoms with Crippen molar-refractivity contribution >= 4 is 16.9 Å². The summed E-state index contributed by atoms with van der Waals surface area (Å²) in [4.78, 5) is 11.7. The van der Waals surface area contributed by atoms with Gasteiger partial charge in [-0.25, -0.2) is 9.07 Å². The highest BCUT2D eigenvalue weighted by Gasteiger charge is 2.15. The molecule has 0 N–H and O–H groups in total. The number of rotatable bonds is 4. The van der Waals surface area contributed by atoms with Crippen LogP contribution in [0.2, 0.25) is 0 Å². The van der Waals surface area contributed by atoms with Gasteiger partial charge in [-0.1, -0.05) is 30.3 Å². The van der Waals surface area contributed by atoms with Gasteiger partial charge in [-0.05, 0) is 24.6 Å². The maximum atomic E-state index is 14.3. The van der Waals surface area contributed by atoms with Crippen LogP contribution < -0.4 is 0 Å². The maximum Gasteiger partial charge on any atom is 0.310 e. The number of benzene rings is 2. The van der Waals surface area contributed by atoms with Crippen molar-refractivity contribution in [3.63, 3.8) is 0 Å². The molecule has 5 heteroatoms. The summed E-state index contributed by atoms with van der Waals surface area (Å²) in [6.07, 6.45) is 1.76. The van der Waals surface area contributed by atoms with E-state index in [-0.39, 0.29) is 18.1 Å². The minimum absolute atomic E-state index is 0.0111. The smallest absolute Gasteiger partial charge is 0.310 e. The zero-order chi connectivity index (χ0) is 15.5. The van der Waals surface area contributed by atoms with Gasteiger partial charge < -0.3 is 4.74 Å². The molecule has 0 saturated carbocycles. The van der Waals surface area contributed by atoms with E-state index >= 15 is 0 Å². The van der Waals surface area contributed by atoms with Crippen LogP contribution in [0.15, 0.2) is 48.7 Å². The first-order valence-corrected chi connectivity index (χ1v) is 7.07. The van der Waals surface area contributed by atoms with Crippen LogP contribution in [0, 0.1) is 5.82 Å². The highest BCUT2D eigenvalue weighted by Crippen LogP contribution is 2.22. The lowest BCUT2D eigenvalue weighted by Gasteiger charge is -2.10. The van der Waals surface area contributed by atoms with Crippen molar-refractivity contribution < 1.29 is 13.9 Å². The average molecular weight is 298 g/mol. The summed E-state index contributed by atoms with van der Waals surface area (Å²) in [7, 11) is 0. The predicted octanol–water partition coefficient (Wildman–Crippen LogP) is 3.27. The Morgan fingerprint density at radius 2 is 2.05 bits per heavy atom. The van der Waals surface area contributed by atoms with Gasteiger partial charge in [0.25, 0.3) is 0 Å². The van der Waals surface area contributed by atoms with Crippen LogP contribution in [0.5, 0.6) is 0 Å². The molecule has 112 valence electrons. The number of fused-ring (bicyclic) bond motifs is 1. The van der Waals surface area contributed by atoms with Crippen LogP contribution in [0.4, 0.5) is 4.39 Å². The van der Waals surface area contributed by atoms with Gasteiger partial charge in [0.05, 0.1) is 18.5 Å². The maximum absolute atomic E-state index is 14.3. The van der Waals surface area contributed by atoms with Crippen molar-refractivity contribution in [1.29, 1.82) is 0 Å². The molecule has 0 saturated heterocycles. The molecule has 0 spiro atoms. The molecule has 0 fully saturated rings. The van der Waals surface area contributed by atoms with Crippen LogP contribution in [0.1, 0.15) is 12.5 Å². The highest BCUT2D eigenvalue weighted by molar-refractivity contribution is 5.79. The molecule has 0 radical (unpaired) electrons. The minimum Gasteiger partial charge on any atom is -0.466 e. The predicted molar refractivity (Wildman–Crippen MR) is 81.4 cm³/mol. The molecule has 0 amide bonds. The van der Waals surface area contributed by atoms with Gasteiger partial charge in [-0.15, -0.1) is 0 Å². The summed E-state index contributed by atoms with van der Waals surface area (Å²) in [5, 5.41) is 5.29. The number of aromatic nitrogens is 2. The van der Waals surface area contributed by atoms with E-state index in [0.717, 1.165) is 10.9 Å². The van der Waals surface area contributed by atoms with E-state index in [9.17, 15) is 9.18 Å². The highest BCUT2D eigenvalue weighted by atomic mass is 19.1. The molecule has 0 unspecified atom stereocenters. The molecule has 3 aromatic rings.